The summed E-state index contributed by atoms with van der Waals surface area (Å²) in [6.07, 6.45) is 0. The molecule has 0 spiro atoms. The Bertz CT molecular complexity index is 945. The number of hydrogen-bond donors (Lipinski definition) is 2. The van der Waals surface area contributed by atoms with Gasteiger partial charge >= 0.3 is 0 Å². The first-order valence-corrected chi connectivity index (χ1v) is 6.71. The first-order valence-electron chi connectivity index (χ1n) is 6.71. The number of nitrogens with two attached hydrogens (primary N) is 1. The minimum Gasteiger partial charge on any atom is -0.398 e. The first-order chi connectivity index (χ1) is 10.7. The van der Waals surface area contributed by atoms with Gasteiger partial charge in [-0.3, -0.25) is 0 Å². The molecular weight excluding hydrogens is 272 g/mol. The van der Waals surface area contributed by atoms with E-state index in [4.69, 9.17) is 16.3 Å². The molecule has 0 amide bonds. The molecule has 104 valence electrons. The molecule has 0 radical (unpaired) electrons. The van der Waals surface area contributed by atoms with Crippen molar-refractivity contribution in [2.24, 2.45) is 0 Å². The number of fused-ring (bicyclic) bond motifs is 1. The van der Waals surface area contributed by atoms with Crippen molar-refractivity contribution in [3.8, 4) is 12.1 Å². The lowest BCUT2D eigenvalue weighted by molar-refractivity contribution is 1.42. The van der Waals surface area contributed by atoms with Gasteiger partial charge in [-0.2, -0.15) is 10.5 Å². The Morgan fingerprint density at radius 2 is 1.55 bits per heavy atom. The van der Waals surface area contributed by atoms with Crippen LogP contribution in [0.25, 0.3) is 10.8 Å². The van der Waals surface area contributed by atoms with Gasteiger partial charge in [0.2, 0.25) is 0 Å². The van der Waals surface area contributed by atoms with Gasteiger partial charge in [-0.05, 0) is 41.8 Å². The standard InChI is InChI=1S/C18H12N4/c19-10-13-5-7-15(8-14(13)11-20)22-16-6-4-12-2-1-3-18(21)17(12)9-16/h1-9,22H,21H2. The molecule has 0 saturated heterocycles. The van der Waals surface area contributed by atoms with Gasteiger partial charge in [-0.25, -0.2) is 0 Å². The van der Waals surface area contributed by atoms with Crippen LogP contribution in [-0.4, -0.2) is 0 Å². The second-order valence-corrected chi connectivity index (χ2v) is 4.89. The van der Waals surface area contributed by atoms with Crippen LogP contribution in [0.5, 0.6) is 0 Å². The molecule has 3 aromatic rings. The molecule has 0 heterocycles. The predicted octanol–water partition coefficient (Wildman–Crippen LogP) is 3.91. The zero-order valence-corrected chi connectivity index (χ0v) is 11.7. The van der Waals surface area contributed by atoms with Gasteiger partial charge in [0.1, 0.15) is 12.1 Å². The van der Waals surface area contributed by atoms with Gasteiger partial charge < -0.3 is 11.1 Å². The number of rotatable bonds is 2. The Balaban J connectivity index is 1.99. The normalized spacial score (nSPS) is 9.91. The van der Waals surface area contributed by atoms with E-state index in [0.29, 0.717) is 11.1 Å². The van der Waals surface area contributed by atoms with Crippen molar-refractivity contribution >= 4 is 27.8 Å². The smallest absolute Gasteiger partial charge is 0.101 e. The third-order valence-corrected chi connectivity index (χ3v) is 3.47. The number of nitrogen functional groups attached to an aromatic ring is 1. The third kappa shape index (κ3) is 2.42. The maximum atomic E-state index is 9.07. The highest BCUT2D eigenvalue weighted by atomic mass is 14.9. The van der Waals surface area contributed by atoms with Gasteiger partial charge in [-0.15, -0.1) is 0 Å². The van der Waals surface area contributed by atoms with Gasteiger partial charge in [0.05, 0.1) is 11.1 Å². The molecule has 3 rings (SSSR count). The molecule has 0 bridgehead atoms. The van der Waals surface area contributed by atoms with E-state index < -0.39 is 0 Å². The molecular formula is C18H12N4. The van der Waals surface area contributed by atoms with Crippen LogP contribution in [-0.2, 0) is 0 Å². The SMILES string of the molecule is N#Cc1ccc(Nc2ccc3cccc(N)c3c2)cc1C#N. The number of hydrogen-bond acceptors (Lipinski definition) is 4. The number of nitrogens with one attached hydrogen (secondary N) is 1. The first kappa shape index (κ1) is 13.5. The van der Waals surface area contributed by atoms with Crippen molar-refractivity contribution in [3.63, 3.8) is 0 Å². The van der Waals surface area contributed by atoms with Crippen LogP contribution in [0.4, 0.5) is 17.1 Å². The van der Waals surface area contributed by atoms with Crippen LogP contribution in [0.3, 0.4) is 0 Å². The Labute approximate surface area is 128 Å². The van der Waals surface area contributed by atoms with E-state index in [1.807, 2.05) is 48.5 Å². The number of anilines is 3. The summed E-state index contributed by atoms with van der Waals surface area (Å²) in [5.74, 6) is 0. The molecule has 4 nitrogen and oxygen atoms in total. The molecule has 3 aromatic carbocycles. The molecule has 0 unspecified atom stereocenters. The Hall–Kier alpha value is -3.50. The molecule has 0 aliphatic carbocycles. The second kappa shape index (κ2) is 5.47. The molecule has 0 saturated carbocycles. The lowest BCUT2D eigenvalue weighted by Gasteiger charge is -2.09. The fraction of sp³-hybridized carbons (Fsp3) is 0. The van der Waals surface area contributed by atoms with Crippen LogP contribution >= 0.6 is 0 Å². The average molecular weight is 284 g/mol. The lowest BCUT2D eigenvalue weighted by Crippen LogP contribution is -1.94. The summed E-state index contributed by atoms with van der Waals surface area (Å²) >= 11 is 0. The Morgan fingerprint density at radius 1 is 0.818 bits per heavy atom. The van der Waals surface area contributed by atoms with Crippen LogP contribution in [0, 0.1) is 22.7 Å². The number of nitriles is 2. The van der Waals surface area contributed by atoms with Crippen molar-refractivity contribution in [2.75, 3.05) is 11.1 Å². The summed E-state index contributed by atoms with van der Waals surface area (Å²) in [7, 11) is 0. The van der Waals surface area contributed by atoms with E-state index in [2.05, 4.69) is 5.32 Å². The largest absolute Gasteiger partial charge is 0.398 e. The fourth-order valence-electron chi connectivity index (χ4n) is 2.35. The third-order valence-electron chi connectivity index (χ3n) is 3.47. The predicted molar refractivity (Wildman–Crippen MR) is 87.5 cm³/mol. The summed E-state index contributed by atoms with van der Waals surface area (Å²) in [6, 6.07) is 20.8. The second-order valence-electron chi connectivity index (χ2n) is 4.89. The maximum Gasteiger partial charge on any atom is 0.101 e. The lowest BCUT2D eigenvalue weighted by atomic mass is 10.1. The van der Waals surface area contributed by atoms with E-state index in [0.717, 1.165) is 27.8 Å². The molecule has 4 heteroatoms. The summed E-state index contributed by atoms with van der Waals surface area (Å²) < 4.78 is 0. The van der Waals surface area contributed by atoms with Crippen molar-refractivity contribution in [3.05, 3.63) is 65.7 Å². The molecule has 3 N–H and O–H groups in total. The highest BCUT2D eigenvalue weighted by molar-refractivity contribution is 5.95. The fourth-order valence-corrected chi connectivity index (χ4v) is 2.35. The van der Waals surface area contributed by atoms with Gasteiger partial charge in [-0.1, -0.05) is 18.2 Å². The summed E-state index contributed by atoms with van der Waals surface area (Å²) in [5.41, 5.74) is 9.07. The van der Waals surface area contributed by atoms with Gasteiger partial charge in [0.25, 0.3) is 0 Å². The molecule has 0 aliphatic rings. The Morgan fingerprint density at radius 3 is 2.32 bits per heavy atom. The molecule has 0 atom stereocenters. The van der Waals surface area contributed by atoms with Gasteiger partial charge in [0.15, 0.2) is 0 Å². The van der Waals surface area contributed by atoms with E-state index in [-0.39, 0.29) is 0 Å². The summed E-state index contributed by atoms with van der Waals surface area (Å²) in [5, 5.41) is 23.3. The summed E-state index contributed by atoms with van der Waals surface area (Å²) in [4.78, 5) is 0. The van der Waals surface area contributed by atoms with E-state index in [1.165, 1.54) is 0 Å². The highest BCUT2D eigenvalue weighted by Gasteiger charge is 2.04. The van der Waals surface area contributed by atoms with Crippen LogP contribution in [0.1, 0.15) is 11.1 Å². The van der Waals surface area contributed by atoms with Crippen molar-refractivity contribution in [2.45, 2.75) is 0 Å². The number of nitrogens with zero attached hydrogens (tertiary/aromatic N) is 2. The minimum absolute atomic E-state index is 0.354. The van der Waals surface area contributed by atoms with Crippen molar-refractivity contribution in [1.29, 1.82) is 10.5 Å². The zero-order valence-electron chi connectivity index (χ0n) is 11.7. The minimum atomic E-state index is 0.354. The van der Waals surface area contributed by atoms with E-state index in [1.54, 1.807) is 18.2 Å². The topological polar surface area (TPSA) is 85.6 Å². The quantitative estimate of drug-likeness (QED) is 0.698. The average Bonchev–Trinajstić information content (AvgIpc) is 2.55. The molecule has 0 aromatic heterocycles. The molecule has 22 heavy (non-hydrogen) atoms. The maximum absolute atomic E-state index is 9.07. The molecule has 0 aliphatic heterocycles. The highest BCUT2D eigenvalue weighted by Crippen LogP contribution is 2.26. The van der Waals surface area contributed by atoms with Crippen molar-refractivity contribution in [1.82, 2.24) is 0 Å². The number of benzene rings is 3. The van der Waals surface area contributed by atoms with E-state index >= 15 is 0 Å². The van der Waals surface area contributed by atoms with Crippen LogP contribution in [0.15, 0.2) is 54.6 Å². The van der Waals surface area contributed by atoms with E-state index in [9.17, 15) is 0 Å². The van der Waals surface area contributed by atoms with Gasteiger partial charge in [0, 0.05) is 22.4 Å². The Kier molecular flexibility index (Phi) is 3.35. The van der Waals surface area contributed by atoms with Crippen LogP contribution in [0.2, 0.25) is 0 Å². The zero-order chi connectivity index (χ0) is 15.5. The van der Waals surface area contributed by atoms with Crippen LogP contribution < -0.4 is 11.1 Å². The summed E-state index contributed by atoms with van der Waals surface area (Å²) in [6.45, 7) is 0. The van der Waals surface area contributed by atoms with Crippen molar-refractivity contribution < 1.29 is 0 Å². The monoisotopic (exact) mass is 284 g/mol. The molecule has 0 fully saturated rings.